The van der Waals surface area contributed by atoms with Crippen molar-refractivity contribution in [3.05, 3.63) is 64.7 Å². The maximum atomic E-state index is 13.9. The quantitative estimate of drug-likeness (QED) is 0.835. The molecule has 2 nitrogen and oxygen atoms in total. The van der Waals surface area contributed by atoms with Gasteiger partial charge in [-0.1, -0.05) is 24.6 Å². The summed E-state index contributed by atoms with van der Waals surface area (Å²) in [6.07, 6.45) is 6.09. The normalized spacial score (nSPS) is 12.3. The predicted molar refractivity (Wildman–Crippen MR) is 85.1 cm³/mol. The van der Waals surface area contributed by atoms with Crippen molar-refractivity contribution in [3.63, 3.8) is 0 Å². The van der Waals surface area contributed by atoms with Crippen LogP contribution in [0.2, 0.25) is 5.02 Å². The lowest BCUT2D eigenvalue weighted by Gasteiger charge is -2.19. The molecular weight excluding hydrogens is 287 g/mol. The Balaban J connectivity index is 2.10. The lowest BCUT2D eigenvalue weighted by atomic mass is 9.99. The molecule has 1 N–H and O–H groups in total. The van der Waals surface area contributed by atoms with Gasteiger partial charge in [0.05, 0.1) is 0 Å². The van der Waals surface area contributed by atoms with Crippen LogP contribution in [0.15, 0.2) is 42.7 Å². The van der Waals surface area contributed by atoms with E-state index in [1.807, 2.05) is 18.3 Å². The van der Waals surface area contributed by atoms with Crippen LogP contribution in [0.5, 0.6) is 0 Å². The average Bonchev–Trinajstić information content (AvgIpc) is 2.49. The van der Waals surface area contributed by atoms with E-state index in [9.17, 15) is 4.39 Å². The van der Waals surface area contributed by atoms with Crippen LogP contribution < -0.4 is 5.32 Å². The minimum Gasteiger partial charge on any atom is -0.313 e. The second-order valence-electron chi connectivity index (χ2n) is 5.16. The number of aromatic nitrogens is 1. The third kappa shape index (κ3) is 5.10. The fraction of sp³-hybridized carbons (Fsp3) is 0.353. The molecule has 0 aliphatic rings. The molecule has 112 valence electrons. The Kier molecular flexibility index (Phi) is 6.15. The van der Waals surface area contributed by atoms with Gasteiger partial charge in [0.1, 0.15) is 5.82 Å². The van der Waals surface area contributed by atoms with Gasteiger partial charge >= 0.3 is 0 Å². The van der Waals surface area contributed by atoms with Gasteiger partial charge in [-0.3, -0.25) is 4.98 Å². The Morgan fingerprint density at radius 2 is 2.14 bits per heavy atom. The third-order valence-corrected chi connectivity index (χ3v) is 3.60. The molecule has 0 radical (unpaired) electrons. The zero-order chi connectivity index (χ0) is 15.1. The number of rotatable bonds is 7. The number of nitrogens with one attached hydrogen (secondary N) is 1. The van der Waals surface area contributed by atoms with Gasteiger partial charge in [0, 0.05) is 23.5 Å². The van der Waals surface area contributed by atoms with E-state index >= 15 is 0 Å². The highest BCUT2D eigenvalue weighted by atomic mass is 35.5. The molecule has 21 heavy (non-hydrogen) atoms. The highest BCUT2D eigenvalue weighted by molar-refractivity contribution is 6.30. The zero-order valence-electron chi connectivity index (χ0n) is 12.2. The summed E-state index contributed by atoms with van der Waals surface area (Å²) in [5, 5.41) is 4.05. The molecule has 1 atom stereocenters. The van der Waals surface area contributed by atoms with E-state index < -0.39 is 0 Å². The fourth-order valence-corrected chi connectivity index (χ4v) is 2.53. The molecule has 0 aliphatic carbocycles. The van der Waals surface area contributed by atoms with Crippen LogP contribution in [0.1, 0.15) is 24.5 Å². The average molecular weight is 307 g/mol. The summed E-state index contributed by atoms with van der Waals surface area (Å²) in [6.45, 7) is 3.03. The molecule has 0 bridgehead atoms. The molecule has 1 heterocycles. The lowest BCUT2D eigenvalue weighted by Crippen LogP contribution is -2.34. The van der Waals surface area contributed by atoms with Crippen LogP contribution in [-0.2, 0) is 12.8 Å². The van der Waals surface area contributed by atoms with Crippen LogP contribution in [0.25, 0.3) is 0 Å². The number of benzene rings is 1. The number of nitrogens with zero attached hydrogens (tertiary/aromatic N) is 1. The first-order valence-electron chi connectivity index (χ1n) is 7.25. The summed E-state index contributed by atoms with van der Waals surface area (Å²) in [5.74, 6) is -0.200. The van der Waals surface area contributed by atoms with Crippen LogP contribution in [0.4, 0.5) is 4.39 Å². The Bertz CT molecular complexity index is 560. The van der Waals surface area contributed by atoms with Gasteiger partial charge in [-0.25, -0.2) is 4.39 Å². The first-order valence-corrected chi connectivity index (χ1v) is 7.63. The summed E-state index contributed by atoms with van der Waals surface area (Å²) in [7, 11) is 0. The van der Waals surface area contributed by atoms with E-state index in [1.54, 1.807) is 18.3 Å². The molecule has 0 spiro atoms. The zero-order valence-corrected chi connectivity index (χ0v) is 12.9. The molecule has 2 rings (SSSR count). The summed E-state index contributed by atoms with van der Waals surface area (Å²) >= 11 is 5.97. The minimum atomic E-state index is -0.200. The highest BCUT2D eigenvalue weighted by Crippen LogP contribution is 2.17. The third-order valence-electron chi connectivity index (χ3n) is 3.36. The Morgan fingerprint density at radius 3 is 2.86 bits per heavy atom. The number of hydrogen-bond donors (Lipinski definition) is 1. The molecule has 1 aromatic heterocycles. The van der Waals surface area contributed by atoms with E-state index in [0.717, 1.165) is 24.9 Å². The van der Waals surface area contributed by atoms with Crippen molar-refractivity contribution in [2.45, 2.75) is 32.2 Å². The fourth-order valence-electron chi connectivity index (χ4n) is 2.33. The molecule has 1 aromatic carbocycles. The Labute approximate surface area is 130 Å². The maximum absolute atomic E-state index is 13.9. The van der Waals surface area contributed by atoms with E-state index in [4.69, 9.17) is 11.6 Å². The van der Waals surface area contributed by atoms with E-state index in [0.29, 0.717) is 17.0 Å². The topological polar surface area (TPSA) is 24.9 Å². The van der Waals surface area contributed by atoms with Gasteiger partial charge in [0.25, 0.3) is 0 Å². The van der Waals surface area contributed by atoms with Crippen molar-refractivity contribution in [2.75, 3.05) is 6.54 Å². The van der Waals surface area contributed by atoms with Crippen molar-refractivity contribution in [2.24, 2.45) is 0 Å². The molecule has 1 unspecified atom stereocenters. The molecule has 0 saturated heterocycles. The molecule has 4 heteroatoms. The Hall–Kier alpha value is -1.45. The number of pyridine rings is 1. The number of halogens is 2. The van der Waals surface area contributed by atoms with Gasteiger partial charge in [-0.2, -0.15) is 0 Å². The SMILES string of the molecule is CCCNC(Cc1cccnc1)Cc1cc(Cl)ccc1F. The maximum Gasteiger partial charge on any atom is 0.126 e. The van der Waals surface area contributed by atoms with Crippen molar-refractivity contribution >= 4 is 11.6 Å². The first kappa shape index (κ1) is 15.9. The largest absolute Gasteiger partial charge is 0.313 e. The molecule has 0 aliphatic heterocycles. The summed E-state index contributed by atoms with van der Waals surface area (Å²) in [6, 6.07) is 8.85. The van der Waals surface area contributed by atoms with Crippen LogP contribution in [0.3, 0.4) is 0 Å². The van der Waals surface area contributed by atoms with Crippen LogP contribution in [-0.4, -0.2) is 17.6 Å². The molecular formula is C17H20ClFN2. The minimum absolute atomic E-state index is 0.169. The smallest absolute Gasteiger partial charge is 0.126 e. The highest BCUT2D eigenvalue weighted by Gasteiger charge is 2.13. The van der Waals surface area contributed by atoms with Crippen molar-refractivity contribution in [1.29, 1.82) is 0 Å². The van der Waals surface area contributed by atoms with Gasteiger partial charge < -0.3 is 5.32 Å². The molecule has 2 aromatic rings. The van der Waals surface area contributed by atoms with Crippen LogP contribution >= 0.6 is 11.6 Å². The monoisotopic (exact) mass is 306 g/mol. The van der Waals surface area contributed by atoms with Crippen LogP contribution in [0, 0.1) is 5.82 Å². The summed E-state index contributed by atoms with van der Waals surface area (Å²) in [5.41, 5.74) is 1.80. The van der Waals surface area contributed by atoms with E-state index in [2.05, 4.69) is 17.2 Å². The Morgan fingerprint density at radius 1 is 1.29 bits per heavy atom. The predicted octanol–water partition coefficient (Wildman–Crippen LogP) is 4.03. The molecule has 0 saturated carbocycles. The van der Waals surface area contributed by atoms with Crippen molar-refractivity contribution in [1.82, 2.24) is 10.3 Å². The van der Waals surface area contributed by atoms with Crippen molar-refractivity contribution in [3.8, 4) is 0 Å². The lowest BCUT2D eigenvalue weighted by molar-refractivity contribution is 0.492. The standard InChI is InChI=1S/C17H20ClFN2/c1-2-7-21-16(9-13-4-3-8-20-12-13)11-14-10-15(18)5-6-17(14)19/h3-6,8,10,12,16,21H,2,7,9,11H2,1H3. The second-order valence-corrected chi connectivity index (χ2v) is 5.59. The molecule has 0 amide bonds. The van der Waals surface area contributed by atoms with Crippen molar-refractivity contribution < 1.29 is 4.39 Å². The summed E-state index contributed by atoms with van der Waals surface area (Å²) in [4.78, 5) is 4.13. The van der Waals surface area contributed by atoms with Gasteiger partial charge in [-0.15, -0.1) is 0 Å². The van der Waals surface area contributed by atoms with E-state index in [1.165, 1.54) is 6.07 Å². The summed E-state index contributed by atoms with van der Waals surface area (Å²) < 4.78 is 13.9. The first-order chi connectivity index (χ1) is 10.2. The van der Waals surface area contributed by atoms with Gasteiger partial charge in [0.2, 0.25) is 0 Å². The van der Waals surface area contributed by atoms with Gasteiger partial charge in [-0.05, 0) is 61.2 Å². The van der Waals surface area contributed by atoms with E-state index in [-0.39, 0.29) is 11.9 Å². The second kappa shape index (κ2) is 8.11. The molecule has 0 fully saturated rings. The number of hydrogen-bond acceptors (Lipinski definition) is 2. The van der Waals surface area contributed by atoms with Gasteiger partial charge in [0.15, 0.2) is 0 Å².